The summed E-state index contributed by atoms with van der Waals surface area (Å²) in [6.45, 7) is 2.36. The molecule has 0 unspecified atom stereocenters. The Labute approximate surface area is 158 Å². The second-order valence-corrected chi connectivity index (χ2v) is 8.45. The Bertz CT molecular complexity index is 1110. The maximum absolute atomic E-state index is 13.1. The van der Waals surface area contributed by atoms with Gasteiger partial charge in [0.2, 0.25) is 0 Å². The SMILES string of the molecule is COCn1cnc(C2=CCCc3c2ccn3S(=O)(=O)c2ccc(C)cc2)c1. The number of fused-ring (bicyclic) bond motifs is 1. The van der Waals surface area contributed by atoms with Crippen LogP contribution in [0.5, 0.6) is 0 Å². The van der Waals surface area contributed by atoms with Crippen LogP contribution in [0.1, 0.15) is 28.9 Å². The third-order valence-corrected chi connectivity index (χ3v) is 6.47. The number of nitrogens with zero attached hydrogens (tertiary/aromatic N) is 3. The molecule has 1 aliphatic rings. The predicted octanol–water partition coefficient (Wildman–Crippen LogP) is 3.21. The molecule has 0 spiro atoms. The predicted molar refractivity (Wildman–Crippen MR) is 103 cm³/mol. The zero-order chi connectivity index (χ0) is 19.0. The van der Waals surface area contributed by atoms with Crippen LogP contribution in [0, 0.1) is 6.92 Å². The summed E-state index contributed by atoms with van der Waals surface area (Å²) >= 11 is 0. The van der Waals surface area contributed by atoms with E-state index in [9.17, 15) is 8.42 Å². The summed E-state index contributed by atoms with van der Waals surface area (Å²) in [7, 11) is -1.99. The van der Waals surface area contributed by atoms with Crippen molar-refractivity contribution in [3.05, 3.63) is 77.6 Å². The Morgan fingerprint density at radius 1 is 1.19 bits per heavy atom. The fourth-order valence-electron chi connectivity index (χ4n) is 3.41. The Kier molecular flexibility index (Phi) is 4.49. The van der Waals surface area contributed by atoms with E-state index in [4.69, 9.17) is 4.74 Å². The van der Waals surface area contributed by atoms with Gasteiger partial charge in [-0.05, 0) is 38.0 Å². The molecule has 0 bridgehead atoms. The highest BCUT2D eigenvalue weighted by atomic mass is 32.2. The monoisotopic (exact) mass is 383 g/mol. The first-order valence-electron chi connectivity index (χ1n) is 8.75. The van der Waals surface area contributed by atoms with E-state index >= 15 is 0 Å². The number of aromatic nitrogens is 3. The van der Waals surface area contributed by atoms with E-state index in [1.165, 1.54) is 3.97 Å². The summed E-state index contributed by atoms with van der Waals surface area (Å²) in [6.07, 6.45) is 8.84. The molecule has 0 N–H and O–H groups in total. The van der Waals surface area contributed by atoms with Gasteiger partial charge < -0.3 is 9.30 Å². The van der Waals surface area contributed by atoms with Crippen LogP contribution in [-0.4, -0.2) is 29.1 Å². The fraction of sp³-hybridized carbons (Fsp3) is 0.250. The summed E-state index contributed by atoms with van der Waals surface area (Å²) in [4.78, 5) is 4.75. The number of allylic oxidation sites excluding steroid dienone is 1. The van der Waals surface area contributed by atoms with Gasteiger partial charge in [-0.1, -0.05) is 23.8 Å². The van der Waals surface area contributed by atoms with Gasteiger partial charge in [-0.2, -0.15) is 0 Å². The number of hydrogen-bond donors (Lipinski definition) is 0. The minimum absolute atomic E-state index is 0.298. The van der Waals surface area contributed by atoms with Crippen molar-refractivity contribution in [2.45, 2.75) is 31.4 Å². The van der Waals surface area contributed by atoms with Gasteiger partial charge in [-0.3, -0.25) is 0 Å². The van der Waals surface area contributed by atoms with Gasteiger partial charge in [0.15, 0.2) is 0 Å². The van der Waals surface area contributed by atoms with Crippen LogP contribution in [0.25, 0.3) is 5.57 Å². The number of benzene rings is 1. The molecule has 7 heteroatoms. The van der Waals surface area contributed by atoms with Crippen LogP contribution >= 0.6 is 0 Å². The molecule has 140 valence electrons. The Balaban J connectivity index is 1.74. The summed E-state index contributed by atoms with van der Waals surface area (Å²) in [5.41, 5.74) is 4.52. The second kappa shape index (κ2) is 6.83. The summed E-state index contributed by atoms with van der Waals surface area (Å²) in [5, 5.41) is 0. The Morgan fingerprint density at radius 2 is 1.96 bits per heavy atom. The van der Waals surface area contributed by atoms with E-state index < -0.39 is 10.0 Å². The number of hydrogen-bond acceptors (Lipinski definition) is 4. The number of imidazole rings is 1. The summed E-state index contributed by atoms with van der Waals surface area (Å²) in [5.74, 6) is 0. The summed E-state index contributed by atoms with van der Waals surface area (Å²) in [6, 6.07) is 8.81. The molecule has 0 fully saturated rings. The van der Waals surface area contributed by atoms with Crippen molar-refractivity contribution in [1.82, 2.24) is 13.5 Å². The van der Waals surface area contributed by atoms with Crippen molar-refractivity contribution in [3.63, 3.8) is 0 Å². The van der Waals surface area contributed by atoms with Crippen molar-refractivity contribution in [2.24, 2.45) is 0 Å². The van der Waals surface area contributed by atoms with Gasteiger partial charge in [0, 0.05) is 36.3 Å². The molecule has 1 aromatic carbocycles. The van der Waals surface area contributed by atoms with Crippen LogP contribution in [0.4, 0.5) is 0 Å². The second-order valence-electron chi connectivity index (χ2n) is 6.64. The van der Waals surface area contributed by atoms with Gasteiger partial charge in [-0.25, -0.2) is 17.4 Å². The molecule has 2 heterocycles. The molecule has 3 aromatic rings. The maximum atomic E-state index is 13.1. The number of methoxy groups -OCH3 is 1. The molecule has 0 atom stereocenters. The highest BCUT2D eigenvalue weighted by Gasteiger charge is 2.26. The molecule has 0 amide bonds. The first kappa shape index (κ1) is 17.8. The van der Waals surface area contributed by atoms with Gasteiger partial charge in [0.1, 0.15) is 6.73 Å². The first-order chi connectivity index (χ1) is 13.0. The quantitative estimate of drug-likeness (QED) is 0.679. The minimum Gasteiger partial charge on any atom is -0.364 e. The highest BCUT2D eigenvalue weighted by molar-refractivity contribution is 7.90. The van der Waals surface area contributed by atoms with Gasteiger partial charge in [0.25, 0.3) is 10.0 Å². The lowest BCUT2D eigenvalue weighted by molar-refractivity contribution is 0.131. The smallest absolute Gasteiger partial charge is 0.267 e. The Hall–Kier alpha value is -2.64. The molecule has 0 radical (unpaired) electrons. The third kappa shape index (κ3) is 3.13. The molecule has 0 saturated heterocycles. The lowest BCUT2D eigenvalue weighted by Crippen LogP contribution is -2.16. The minimum atomic E-state index is -3.62. The van der Waals surface area contributed by atoms with Crippen LogP contribution in [0.2, 0.25) is 0 Å². The zero-order valence-electron chi connectivity index (χ0n) is 15.3. The van der Waals surface area contributed by atoms with Crippen molar-refractivity contribution in [2.75, 3.05) is 7.11 Å². The van der Waals surface area contributed by atoms with Crippen LogP contribution < -0.4 is 0 Å². The number of aryl methyl sites for hydroxylation is 1. The standard InChI is InChI=1S/C20H21N3O3S/c1-15-6-8-16(9-7-15)27(24,25)23-11-10-18-17(4-3-5-20(18)23)19-12-22(13-21-19)14-26-2/h4,6-13H,3,5,14H2,1-2H3. The third-order valence-electron chi connectivity index (χ3n) is 4.74. The van der Waals surface area contributed by atoms with Gasteiger partial charge in [-0.15, -0.1) is 0 Å². The Morgan fingerprint density at radius 3 is 2.70 bits per heavy atom. The topological polar surface area (TPSA) is 66.1 Å². The molecular weight excluding hydrogens is 362 g/mol. The van der Waals surface area contributed by atoms with Crippen molar-refractivity contribution in [1.29, 1.82) is 0 Å². The first-order valence-corrected chi connectivity index (χ1v) is 10.2. The fourth-order valence-corrected chi connectivity index (χ4v) is 4.82. The number of rotatable bonds is 5. The summed E-state index contributed by atoms with van der Waals surface area (Å²) < 4.78 is 34.6. The van der Waals surface area contributed by atoms with E-state index in [1.807, 2.05) is 35.9 Å². The van der Waals surface area contributed by atoms with Crippen molar-refractivity contribution in [3.8, 4) is 0 Å². The maximum Gasteiger partial charge on any atom is 0.267 e. The lowest BCUT2D eigenvalue weighted by atomic mass is 9.95. The molecular formula is C20H21N3O3S. The molecule has 27 heavy (non-hydrogen) atoms. The van der Waals surface area contributed by atoms with Gasteiger partial charge in [0.05, 0.1) is 16.9 Å². The van der Waals surface area contributed by atoms with E-state index in [2.05, 4.69) is 11.1 Å². The van der Waals surface area contributed by atoms with Crippen LogP contribution in [0.3, 0.4) is 0 Å². The van der Waals surface area contributed by atoms with E-state index in [0.717, 1.165) is 34.5 Å². The van der Waals surface area contributed by atoms with E-state index in [1.54, 1.807) is 31.8 Å². The molecule has 6 nitrogen and oxygen atoms in total. The van der Waals surface area contributed by atoms with Crippen molar-refractivity contribution >= 4 is 15.6 Å². The number of ether oxygens (including phenoxy) is 1. The lowest BCUT2D eigenvalue weighted by Gasteiger charge is -2.16. The van der Waals surface area contributed by atoms with Gasteiger partial charge >= 0.3 is 0 Å². The molecule has 1 aliphatic carbocycles. The zero-order valence-corrected chi connectivity index (χ0v) is 16.1. The molecule has 0 saturated carbocycles. The van der Waals surface area contributed by atoms with Crippen LogP contribution in [-0.2, 0) is 27.9 Å². The highest BCUT2D eigenvalue weighted by Crippen LogP contribution is 2.33. The molecule has 2 aromatic heterocycles. The van der Waals surface area contributed by atoms with E-state index in [0.29, 0.717) is 18.0 Å². The largest absolute Gasteiger partial charge is 0.364 e. The molecule has 4 rings (SSSR count). The van der Waals surface area contributed by atoms with Crippen molar-refractivity contribution < 1.29 is 13.2 Å². The van der Waals surface area contributed by atoms with E-state index in [-0.39, 0.29) is 0 Å². The average molecular weight is 383 g/mol. The normalized spacial score (nSPS) is 14.1. The average Bonchev–Trinajstić information content (AvgIpc) is 3.29. The molecule has 0 aliphatic heterocycles. The van der Waals surface area contributed by atoms with Crippen LogP contribution in [0.15, 0.2) is 60.0 Å².